The van der Waals surface area contributed by atoms with E-state index in [4.69, 9.17) is 14.2 Å². The molecule has 1 unspecified atom stereocenters. The molecule has 0 radical (unpaired) electrons. The lowest BCUT2D eigenvalue weighted by Crippen LogP contribution is -2.75. The van der Waals surface area contributed by atoms with Crippen LogP contribution in [-0.2, 0) is 19.0 Å². The van der Waals surface area contributed by atoms with Crippen LogP contribution in [-0.4, -0.2) is 52.4 Å². The van der Waals surface area contributed by atoms with E-state index in [0.29, 0.717) is 5.56 Å². The molecule has 3 heterocycles. The van der Waals surface area contributed by atoms with Gasteiger partial charge in [-0.1, -0.05) is 55.8 Å². The van der Waals surface area contributed by atoms with Gasteiger partial charge in [-0.25, -0.2) is 0 Å². The number of ketones is 1. The van der Waals surface area contributed by atoms with Crippen LogP contribution in [0.4, 0.5) is 0 Å². The van der Waals surface area contributed by atoms with Crippen LogP contribution in [0.3, 0.4) is 0 Å². The smallest absolute Gasteiger partial charge is 0.306 e. The van der Waals surface area contributed by atoms with E-state index in [1.807, 2.05) is 13.0 Å². The minimum atomic E-state index is -1.81. The van der Waals surface area contributed by atoms with E-state index >= 15 is 0 Å². The van der Waals surface area contributed by atoms with E-state index in [0.717, 1.165) is 12.0 Å². The van der Waals surface area contributed by atoms with Crippen LogP contribution < -0.4 is 0 Å². The number of aliphatic hydroxyl groups is 2. The fourth-order valence-electron chi connectivity index (χ4n) is 6.35. The van der Waals surface area contributed by atoms with Gasteiger partial charge in [-0.2, -0.15) is 0 Å². The molecule has 1 aromatic rings. The minimum absolute atomic E-state index is 0.0452. The number of hydrogen-bond acceptors (Lipinski definition) is 7. The molecular weight excluding hydrogens is 412 g/mol. The molecule has 3 saturated heterocycles. The van der Waals surface area contributed by atoms with Crippen LogP contribution in [0.1, 0.15) is 56.8 Å². The first-order valence-electron chi connectivity index (χ1n) is 11.3. The molecule has 172 valence electrons. The highest BCUT2D eigenvalue weighted by Crippen LogP contribution is 2.71. The van der Waals surface area contributed by atoms with E-state index in [9.17, 15) is 19.8 Å². The van der Waals surface area contributed by atoms with Gasteiger partial charge in [0.1, 0.15) is 5.60 Å². The van der Waals surface area contributed by atoms with Gasteiger partial charge in [-0.05, 0) is 19.3 Å². The Bertz CT molecular complexity index is 985. The molecule has 5 aliphatic rings. The van der Waals surface area contributed by atoms with Gasteiger partial charge in [0.05, 0.1) is 13.0 Å². The maximum absolute atomic E-state index is 12.8. The highest BCUT2D eigenvalue weighted by molar-refractivity contribution is 5.97. The molecule has 0 amide bonds. The maximum atomic E-state index is 12.8. The summed E-state index contributed by atoms with van der Waals surface area (Å²) in [6, 6.07) is 8.85. The second-order valence-corrected chi connectivity index (χ2v) is 10.2. The molecule has 0 aromatic heterocycles. The van der Waals surface area contributed by atoms with Gasteiger partial charge in [0.2, 0.25) is 0 Å². The molecular formula is C25H30O7. The first-order chi connectivity index (χ1) is 15.1. The number of rotatable bonds is 5. The minimum Gasteiger partial charge on any atom is -0.456 e. The Morgan fingerprint density at radius 2 is 1.88 bits per heavy atom. The highest BCUT2D eigenvalue weighted by Gasteiger charge is 2.78. The predicted molar refractivity (Wildman–Crippen MR) is 113 cm³/mol. The number of hydrogen-bond donors (Lipinski definition) is 2. The number of carbonyl (C=O) groups excluding carboxylic acids is 2. The third kappa shape index (κ3) is 2.68. The number of allylic oxidation sites excluding steroid dienone is 1. The zero-order valence-corrected chi connectivity index (χ0v) is 18.7. The first-order valence-corrected chi connectivity index (χ1v) is 11.3. The van der Waals surface area contributed by atoms with E-state index in [2.05, 4.69) is 13.0 Å². The summed E-state index contributed by atoms with van der Waals surface area (Å²) >= 11 is 0. The zero-order chi connectivity index (χ0) is 22.9. The van der Waals surface area contributed by atoms with Crippen LogP contribution in [0, 0.1) is 16.7 Å². The number of esters is 1. The van der Waals surface area contributed by atoms with Crippen molar-refractivity contribution in [3.8, 4) is 0 Å². The topological polar surface area (TPSA) is 102 Å². The van der Waals surface area contributed by atoms with Crippen molar-refractivity contribution in [1.82, 2.24) is 0 Å². The lowest BCUT2D eigenvalue weighted by molar-refractivity contribution is -0.407. The second kappa shape index (κ2) is 6.97. The molecule has 1 aromatic carbocycles. The van der Waals surface area contributed by atoms with Crippen molar-refractivity contribution < 1.29 is 34.0 Å². The molecule has 4 bridgehead atoms. The largest absolute Gasteiger partial charge is 0.456 e. The molecule has 2 aliphatic carbocycles. The lowest BCUT2D eigenvalue weighted by atomic mass is 9.48. The van der Waals surface area contributed by atoms with Crippen LogP contribution >= 0.6 is 0 Å². The fraction of sp³-hybridized carbons (Fsp3) is 0.600. The van der Waals surface area contributed by atoms with E-state index < -0.39 is 40.6 Å². The van der Waals surface area contributed by atoms with Crippen molar-refractivity contribution >= 4 is 11.8 Å². The summed E-state index contributed by atoms with van der Waals surface area (Å²) in [6.07, 6.45) is 1.21. The molecule has 4 fully saturated rings. The molecule has 6 rings (SSSR count). The van der Waals surface area contributed by atoms with Crippen LogP contribution in [0.15, 0.2) is 42.0 Å². The van der Waals surface area contributed by atoms with Crippen LogP contribution in [0.2, 0.25) is 0 Å². The first kappa shape index (κ1) is 21.8. The second-order valence-electron chi connectivity index (χ2n) is 10.2. The average molecular weight is 443 g/mol. The van der Waals surface area contributed by atoms with Crippen molar-refractivity contribution in [2.24, 2.45) is 16.7 Å². The number of carbonyl (C=O) groups is 2. The SMILES string of the molecule is C[C@@H]1CC=C2[C@]13C[C@@]1(O)OC(OC[C@@]2(C)[C@@]1(C)O)[C@@H]3OC(=O)CCC(=O)c1ccccc1. The third-order valence-electron chi connectivity index (χ3n) is 8.53. The summed E-state index contributed by atoms with van der Waals surface area (Å²) in [7, 11) is 0. The van der Waals surface area contributed by atoms with Gasteiger partial charge in [0.25, 0.3) is 0 Å². The molecule has 32 heavy (non-hydrogen) atoms. The average Bonchev–Trinajstić information content (AvgIpc) is 3.03. The number of benzene rings is 1. The molecule has 2 N–H and O–H groups in total. The summed E-state index contributed by atoms with van der Waals surface area (Å²) in [5.74, 6) is -2.37. The van der Waals surface area contributed by atoms with Crippen molar-refractivity contribution in [1.29, 1.82) is 0 Å². The van der Waals surface area contributed by atoms with E-state index in [-0.39, 0.29) is 37.6 Å². The Morgan fingerprint density at radius 3 is 2.59 bits per heavy atom. The Labute approximate surface area is 187 Å². The van der Waals surface area contributed by atoms with E-state index in [1.165, 1.54) is 0 Å². The normalized spacial score (nSPS) is 44.0. The van der Waals surface area contributed by atoms with Crippen molar-refractivity contribution in [3.05, 3.63) is 47.5 Å². The number of fused-ring (bicyclic) bond motifs is 1. The molecule has 7 atom stereocenters. The molecule has 1 saturated carbocycles. The van der Waals surface area contributed by atoms with Crippen molar-refractivity contribution in [2.45, 2.75) is 70.2 Å². The molecule has 3 aliphatic heterocycles. The van der Waals surface area contributed by atoms with Gasteiger partial charge in [0, 0.05) is 29.2 Å². The van der Waals surface area contributed by atoms with Crippen LogP contribution in [0.5, 0.6) is 0 Å². The Balaban J connectivity index is 1.41. The Kier molecular flexibility index (Phi) is 4.74. The van der Waals surface area contributed by atoms with Gasteiger partial charge < -0.3 is 24.4 Å². The molecule has 7 nitrogen and oxygen atoms in total. The van der Waals surface area contributed by atoms with Crippen molar-refractivity contribution in [2.75, 3.05) is 6.61 Å². The van der Waals surface area contributed by atoms with Crippen LogP contribution in [0.25, 0.3) is 0 Å². The lowest BCUT2D eigenvalue weighted by Gasteiger charge is -2.64. The summed E-state index contributed by atoms with van der Waals surface area (Å²) in [6.45, 7) is 5.68. The standard InChI is InChI=1S/C25H30O7/c1-15-9-11-18-22(2)14-30-21-20(24(15,18)13-25(29,32-21)23(22,3)28)31-19(27)12-10-17(26)16-7-5-4-6-8-16/h4-8,11,15,20-21,28-29H,9-10,12-14H2,1-3H3/t15-,20+,21?,22-,23-,24+,25-/m1/s1. The Morgan fingerprint density at radius 1 is 1.16 bits per heavy atom. The molecule has 1 spiro atoms. The fourth-order valence-corrected chi connectivity index (χ4v) is 6.35. The summed E-state index contributed by atoms with van der Waals surface area (Å²) in [4.78, 5) is 25.2. The quantitative estimate of drug-likeness (QED) is 0.411. The van der Waals surface area contributed by atoms with Gasteiger partial charge in [0.15, 0.2) is 24.0 Å². The van der Waals surface area contributed by atoms with E-state index in [1.54, 1.807) is 31.2 Å². The van der Waals surface area contributed by atoms with Gasteiger partial charge >= 0.3 is 5.97 Å². The monoisotopic (exact) mass is 442 g/mol. The zero-order valence-electron chi connectivity index (χ0n) is 18.7. The Hall–Kier alpha value is -2.06. The predicted octanol–water partition coefficient (Wildman–Crippen LogP) is 2.75. The number of ether oxygens (including phenoxy) is 3. The third-order valence-corrected chi connectivity index (χ3v) is 8.53. The number of Topliss-reactive ketones (excluding diaryl/α,β-unsaturated/α-hetero) is 1. The summed E-state index contributed by atoms with van der Waals surface area (Å²) in [5.41, 5.74) is -1.61. The maximum Gasteiger partial charge on any atom is 0.306 e. The highest BCUT2D eigenvalue weighted by atomic mass is 16.8. The van der Waals surface area contributed by atoms with Gasteiger partial charge in [-0.3, -0.25) is 9.59 Å². The van der Waals surface area contributed by atoms with Crippen molar-refractivity contribution in [3.63, 3.8) is 0 Å². The summed E-state index contributed by atoms with van der Waals surface area (Å²) in [5, 5.41) is 22.8. The van der Waals surface area contributed by atoms with Gasteiger partial charge in [-0.15, -0.1) is 0 Å². The molecule has 7 heteroatoms. The summed E-state index contributed by atoms with van der Waals surface area (Å²) < 4.78 is 17.8.